The van der Waals surface area contributed by atoms with Gasteiger partial charge in [-0.15, -0.1) is 11.3 Å². The number of aromatic nitrogens is 5. The number of anilines is 1. The monoisotopic (exact) mass is 391 g/mol. The first-order valence-electron chi connectivity index (χ1n) is 8.70. The Morgan fingerprint density at radius 2 is 2.29 bits per heavy atom. The van der Waals surface area contributed by atoms with Crippen molar-refractivity contribution in [3.63, 3.8) is 0 Å². The molecule has 28 heavy (non-hydrogen) atoms. The summed E-state index contributed by atoms with van der Waals surface area (Å²) >= 11 is 1.60. The van der Waals surface area contributed by atoms with Crippen LogP contribution in [0.3, 0.4) is 0 Å². The number of aryl methyl sites for hydroxylation is 2. The van der Waals surface area contributed by atoms with E-state index in [9.17, 15) is 4.79 Å². The molecule has 0 spiro atoms. The molecule has 4 heterocycles. The summed E-state index contributed by atoms with van der Waals surface area (Å²) in [6.45, 7) is 3.81. The van der Waals surface area contributed by atoms with E-state index in [0.717, 1.165) is 27.5 Å². The van der Waals surface area contributed by atoms with Crippen LogP contribution in [0.1, 0.15) is 28.9 Å². The number of amides is 1. The first-order valence-corrected chi connectivity index (χ1v) is 9.58. The second-order valence-corrected chi connectivity index (χ2v) is 7.31. The lowest BCUT2D eigenvalue weighted by Gasteiger charge is -2.11. The zero-order valence-electron chi connectivity index (χ0n) is 15.4. The molecule has 140 valence electrons. The Labute approximate surface area is 164 Å². The summed E-state index contributed by atoms with van der Waals surface area (Å²) in [7, 11) is 0. The quantitative estimate of drug-likeness (QED) is 0.542. The summed E-state index contributed by atoms with van der Waals surface area (Å²) < 4.78 is 1.65. The van der Waals surface area contributed by atoms with Gasteiger partial charge in [0, 0.05) is 23.9 Å². The first-order chi connectivity index (χ1) is 13.6. The third-order valence-electron chi connectivity index (χ3n) is 4.56. The molecule has 2 N–H and O–H groups in total. The number of thiophene rings is 1. The number of carbonyl (C=O) groups excluding carboxylic acids is 1. The maximum absolute atomic E-state index is 12.4. The van der Waals surface area contributed by atoms with Crippen molar-refractivity contribution in [3.05, 3.63) is 52.3 Å². The van der Waals surface area contributed by atoms with Crippen LogP contribution in [0.5, 0.6) is 0 Å². The molecule has 0 aliphatic heterocycles. The second-order valence-electron chi connectivity index (χ2n) is 6.36. The molecule has 0 saturated heterocycles. The van der Waals surface area contributed by atoms with E-state index in [0.29, 0.717) is 29.9 Å². The van der Waals surface area contributed by atoms with Crippen molar-refractivity contribution in [2.75, 3.05) is 5.32 Å². The highest BCUT2D eigenvalue weighted by molar-refractivity contribution is 7.13. The van der Waals surface area contributed by atoms with Gasteiger partial charge < -0.3 is 5.32 Å². The van der Waals surface area contributed by atoms with E-state index in [1.54, 1.807) is 15.9 Å². The predicted molar refractivity (Wildman–Crippen MR) is 106 cm³/mol. The zero-order chi connectivity index (χ0) is 19.7. The lowest BCUT2D eigenvalue weighted by molar-refractivity contribution is -0.116. The van der Waals surface area contributed by atoms with Crippen molar-refractivity contribution < 1.29 is 4.79 Å². The minimum atomic E-state index is -0.124. The van der Waals surface area contributed by atoms with Gasteiger partial charge in [-0.05, 0) is 37.3 Å². The largest absolute Gasteiger partial charge is 0.309 e. The Morgan fingerprint density at radius 1 is 1.43 bits per heavy atom. The molecule has 0 bridgehead atoms. The molecule has 0 unspecified atom stereocenters. The van der Waals surface area contributed by atoms with Crippen LogP contribution in [0.4, 0.5) is 5.82 Å². The fourth-order valence-electron chi connectivity index (χ4n) is 3.14. The predicted octanol–water partition coefficient (Wildman–Crippen LogP) is 3.24. The average molecular weight is 391 g/mol. The van der Waals surface area contributed by atoms with Crippen molar-refractivity contribution in [2.45, 2.75) is 26.7 Å². The van der Waals surface area contributed by atoms with E-state index >= 15 is 0 Å². The molecule has 4 rings (SSSR count). The number of nitrogens with zero attached hydrogens (tertiary/aromatic N) is 5. The summed E-state index contributed by atoms with van der Waals surface area (Å²) in [5, 5.41) is 25.3. The van der Waals surface area contributed by atoms with Gasteiger partial charge in [0.05, 0.1) is 16.8 Å². The van der Waals surface area contributed by atoms with E-state index in [2.05, 4.69) is 31.7 Å². The van der Waals surface area contributed by atoms with Gasteiger partial charge >= 0.3 is 0 Å². The van der Waals surface area contributed by atoms with Crippen LogP contribution in [0.15, 0.2) is 29.8 Å². The fraction of sp³-hybridized carbons (Fsp3) is 0.211. The third kappa shape index (κ3) is 3.25. The number of fused-ring (bicyclic) bond motifs is 1. The fourth-order valence-corrected chi connectivity index (χ4v) is 3.83. The van der Waals surface area contributed by atoms with Crippen molar-refractivity contribution in [1.82, 2.24) is 24.8 Å². The van der Waals surface area contributed by atoms with Gasteiger partial charge in [0.2, 0.25) is 5.91 Å². The van der Waals surface area contributed by atoms with Crippen LogP contribution < -0.4 is 5.32 Å². The molecular formula is C19H17N7OS. The molecule has 0 aliphatic rings. The molecule has 4 aromatic heterocycles. The molecule has 4 aromatic rings. The SMILES string of the molecule is Cc1nc2c(C#N)cnn2c(C)c1CCC(=O)Nc1cc(-c2cccs2)[nH]n1. The number of hydrogen-bond donors (Lipinski definition) is 2. The number of nitrogens with one attached hydrogen (secondary N) is 2. The molecule has 0 saturated carbocycles. The normalized spacial score (nSPS) is 10.9. The lowest BCUT2D eigenvalue weighted by atomic mass is 10.1. The molecule has 0 fully saturated rings. The number of rotatable bonds is 5. The third-order valence-corrected chi connectivity index (χ3v) is 5.47. The van der Waals surface area contributed by atoms with E-state index in [4.69, 9.17) is 5.26 Å². The molecule has 9 heteroatoms. The van der Waals surface area contributed by atoms with Gasteiger partial charge in [0.1, 0.15) is 11.6 Å². The minimum absolute atomic E-state index is 0.124. The van der Waals surface area contributed by atoms with Gasteiger partial charge in [-0.2, -0.15) is 15.5 Å². The van der Waals surface area contributed by atoms with Crippen LogP contribution in [0.2, 0.25) is 0 Å². The van der Waals surface area contributed by atoms with Gasteiger partial charge in [0.15, 0.2) is 11.5 Å². The van der Waals surface area contributed by atoms with E-state index in [-0.39, 0.29) is 5.91 Å². The Balaban J connectivity index is 1.46. The standard InChI is InChI=1S/C19H17N7OS/c1-11-14(12(2)26-19(22-11)13(9-20)10-21-26)5-6-18(27)23-17-8-15(24-25-17)16-4-3-7-28-16/h3-4,7-8,10H,5-6H2,1-2H3,(H2,23,24,25,27). The molecule has 1 amide bonds. The topological polar surface area (TPSA) is 112 Å². The van der Waals surface area contributed by atoms with Crippen LogP contribution in [-0.2, 0) is 11.2 Å². The van der Waals surface area contributed by atoms with Crippen LogP contribution in [-0.4, -0.2) is 30.7 Å². The summed E-state index contributed by atoms with van der Waals surface area (Å²) in [6.07, 6.45) is 2.33. The molecule has 8 nitrogen and oxygen atoms in total. The number of H-pyrrole nitrogens is 1. The summed E-state index contributed by atoms with van der Waals surface area (Å²) in [5.41, 5.74) is 4.50. The highest BCUT2D eigenvalue weighted by Gasteiger charge is 2.15. The van der Waals surface area contributed by atoms with E-state index in [1.165, 1.54) is 6.20 Å². The summed E-state index contributed by atoms with van der Waals surface area (Å²) in [4.78, 5) is 17.9. The number of aromatic amines is 1. The highest BCUT2D eigenvalue weighted by Crippen LogP contribution is 2.24. The van der Waals surface area contributed by atoms with Gasteiger partial charge in [-0.25, -0.2) is 9.50 Å². The smallest absolute Gasteiger partial charge is 0.225 e. The van der Waals surface area contributed by atoms with Crippen LogP contribution in [0.25, 0.3) is 16.2 Å². The summed E-state index contributed by atoms with van der Waals surface area (Å²) in [6, 6.07) is 7.87. The Hall–Kier alpha value is -3.51. The number of carbonyl (C=O) groups is 1. The second kappa shape index (κ2) is 7.25. The molecule has 0 aromatic carbocycles. The van der Waals surface area contributed by atoms with Gasteiger partial charge in [-0.3, -0.25) is 9.89 Å². The molecule has 0 atom stereocenters. The molecular weight excluding hydrogens is 374 g/mol. The van der Waals surface area contributed by atoms with Gasteiger partial charge in [-0.1, -0.05) is 6.07 Å². The van der Waals surface area contributed by atoms with Crippen molar-refractivity contribution >= 4 is 28.7 Å². The van der Waals surface area contributed by atoms with Crippen molar-refractivity contribution in [3.8, 4) is 16.6 Å². The molecule has 0 radical (unpaired) electrons. The maximum Gasteiger partial charge on any atom is 0.225 e. The average Bonchev–Trinajstić information content (AvgIpc) is 3.41. The molecule has 0 aliphatic carbocycles. The Kier molecular flexibility index (Phi) is 4.63. The van der Waals surface area contributed by atoms with Crippen molar-refractivity contribution in [2.24, 2.45) is 0 Å². The minimum Gasteiger partial charge on any atom is -0.309 e. The van der Waals surface area contributed by atoms with Crippen LogP contribution >= 0.6 is 11.3 Å². The lowest BCUT2D eigenvalue weighted by Crippen LogP contribution is -2.14. The zero-order valence-corrected chi connectivity index (χ0v) is 16.2. The van der Waals surface area contributed by atoms with Gasteiger partial charge in [0.25, 0.3) is 0 Å². The maximum atomic E-state index is 12.4. The summed E-state index contributed by atoms with van der Waals surface area (Å²) in [5.74, 6) is 0.377. The highest BCUT2D eigenvalue weighted by atomic mass is 32.1. The first kappa shape index (κ1) is 17.9. The van der Waals surface area contributed by atoms with Crippen molar-refractivity contribution in [1.29, 1.82) is 5.26 Å². The van der Waals surface area contributed by atoms with E-state index in [1.807, 2.05) is 37.4 Å². The van der Waals surface area contributed by atoms with Crippen LogP contribution in [0, 0.1) is 25.2 Å². The number of nitriles is 1. The van der Waals surface area contributed by atoms with E-state index < -0.39 is 0 Å². The Bertz CT molecular complexity index is 1200. The number of hydrogen-bond acceptors (Lipinski definition) is 6. The Morgan fingerprint density at radius 3 is 3.04 bits per heavy atom.